The molecule has 4 nitrogen and oxygen atoms in total. The third-order valence-electron chi connectivity index (χ3n) is 5.98. The van der Waals surface area contributed by atoms with Gasteiger partial charge in [0.05, 0.1) is 5.57 Å². The molecule has 3 aliphatic rings. The number of carbonyl (C=O) groups is 3. The van der Waals surface area contributed by atoms with Gasteiger partial charge in [0.2, 0.25) is 5.78 Å². The number of allylic oxidation sites excluding steroid dienone is 4. The SMILES string of the molecule is CC1(C)CC(=O)C2=C(C1)OC1=C(C(=O)c3ccccc3C1=O)C2c1cccc(F)c1. The first-order valence-electron chi connectivity index (χ1n) is 9.89. The number of halogens is 1. The van der Waals surface area contributed by atoms with Crippen molar-refractivity contribution in [2.24, 2.45) is 5.41 Å². The zero-order valence-corrected chi connectivity index (χ0v) is 16.6. The molecular weight excluding hydrogens is 383 g/mol. The summed E-state index contributed by atoms with van der Waals surface area (Å²) < 4.78 is 20.1. The number of fused-ring (bicyclic) bond motifs is 1. The molecule has 150 valence electrons. The second-order valence-electron chi connectivity index (χ2n) is 8.81. The van der Waals surface area contributed by atoms with Gasteiger partial charge in [0, 0.05) is 35.5 Å². The van der Waals surface area contributed by atoms with Gasteiger partial charge in [-0.15, -0.1) is 0 Å². The quantitative estimate of drug-likeness (QED) is 0.680. The topological polar surface area (TPSA) is 60.4 Å². The molecule has 0 saturated carbocycles. The summed E-state index contributed by atoms with van der Waals surface area (Å²) in [6, 6.07) is 12.4. The number of hydrogen-bond acceptors (Lipinski definition) is 4. The van der Waals surface area contributed by atoms with Crippen LogP contribution in [0.25, 0.3) is 0 Å². The molecule has 2 aromatic carbocycles. The number of hydrogen-bond donors (Lipinski definition) is 0. The maximum Gasteiger partial charge on any atom is 0.229 e. The van der Waals surface area contributed by atoms with E-state index in [1.807, 2.05) is 13.8 Å². The molecule has 1 aliphatic heterocycles. The summed E-state index contributed by atoms with van der Waals surface area (Å²) >= 11 is 0. The third kappa shape index (κ3) is 2.69. The Labute approximate surface area is 173 Å². The molecule has 0 aromatic heterocycles. The number of ketones is 3. The zero-order chi connectivity index (χ0) is 21.2. The molecule has 1 atom stereocenters. The second kappa shape index (κ2) is 6.33. The Kier molecular flexibility index (Phi) is 3.94. The highest BCUT2D eigenvalue weighted by Gasteiger charge is 2.48. The molecular formula is C25H19FO4. The van der Waals surface area contributed by atoms with Crippen LogP contribution in [-0.2, 0) is 9.53 Å². The zero-order valence-electron chi connectivity index (χ0n) is 16.6. The van der Waals surface area contributed by atoms with E-state index in [-0.39, 0.29) is 45.2 Å². The monoisotopic (exact) mass is 402 g/mol. The Morgan fingerprint density at radius 3 is 2.30 bits per heavy atom. The molecule has 0 radical (unpaired) electrons. The Morgan fingerprint density at radius 2 is 1.60 bits per heavy atom. The van der Waals surface area contributed by atoms with Crippen LogP contribution >= 0.6 is 0 Å². The van der Waals surface area contributed by atoms with Crippen LogP contribution in [0.5, 0.6) is 0 Å². The van der Waals surface area contributed by atoms with Gasteiger partial charge < -0.3 is 4.74 Å². The van der Waals surface area contributed by atoms with Crippen molar-refractivity contribution in [1.82, 2.24) is 0 Å². The molecule has 2 aliphatic carbocycles. The van der Waals surface area contributed by atoms with Crippen molar-refractivity contribution in [3.63, 3.8) is 0 Å². The number of ether oxygens (including phenoxy) is 1. The molecule has 0 bridgehead atoms. The number of rotatable bonds is 1. The van der Waals surface area contributed by atoms with Crippen LogP contribution in [0.1, 0.15) is 58.9 Å². The molecule has 2 aromatic rings. The molecule has 1 unspecified atom stereocenters. The predicted molar refractivity (Wildman–Crippen MR) is 107 cm³/mol. The maximum absolute atomic E-state index is 14.1. The van der Waals surface area contributed by atoms with E-state index in [1.54, 1.807) is 36.4 Å². The summed E-state index contributed by atoms with van der Waals surface area (Å²) in [5.74, 6) is -1.82. The van der Waals surface area contributed by atoms with E-state index in [0.29, 0.717) is 29.7 Å². The van der Waals surface area contributed by atoms with E-state index < -0.39 is 11.7 Å². The number of benzene rings is 2. The van der Waals surface area contributed by atoms with Crippen LogP contribution in [0, 0.1) is 11.2 Å². The minimum Gasteiger partial charge on any atom is -0.457 e. The molecule has 30 heavy (non-hydrogen) atoms. The van der Waals surface area contributed by atoms with Gasteiger partial charge in [-0.1, -0.05) is 50.2 Å². The van der Waals surface area contributed by atoms with E-state index in [9.17, 15) is 18.8 Å². The number of carbonyl (C=O) groups excluding carboxylic acids is 3. The van der Waals surface area contributed by atoms with E-state index >= 15 is 0 Å². The van der Waals surface area contributed by atoms with Crippen molar-refractivity contribution in [3.05, 3.63) is 93.7 Å². The molecule has 0 saturated heterocycles. The summed E-state index contributed by atoms with van der Waals surface area (Å²) in [4.78, 5) is 39.9. The minimum absolute atomic E-state index is 0.0442. The van der Waals surface area contributed by atoms with Crippen LogP contribution in [0.4, 0.5) is 4.39 Å². The average Bonchev–Trinajstić information content (AvgIpc) is 2.69. The minimum atomic E-state index is -0.826. The average molecular weight is 402 g/mol. The van der Waals surface area contributed by atoms with Crippen molar-refractivity contribution >= 4 is 17.3 Å². The lowest BCUT2D eigenvalue weighted by atomic mass is 9.67. The third-order valence-corrected chi connectivity index (χ3v) is 5.98. The van der Waals surface area contributed by atoms with Gasteiger partial charge in [-0.25, -0.2) is 4.39 Å². The first kappa shape index (κ1) is 18.7. The van der Waals surface area contributed by atoms with E-state index in [2.05, 4.69) is 0 Å². The van der Waals surface area contributed by atoms with Gasteiger partial charge in [0.15, 0.2) is 17.3 Å². The van der Waals surface area contributed by atoms with Gasteiger partial charge in [-0.05, 0) is 23.1 Å². The summed E-state index contributed by atoms with van der Waals surface area (Å²) in [6.45, 7) is 3.92. The summed E-state index contributed by atoms with van der Waals surface area (Å²) in [5.41, 5.74) is 1.17. The molecule has 1 heterocycles. The van der Waals surface area contributed by atoms with Crippen LogP contribution in [0.3, 0.4) is 0 Å². The predicted octanol–water partition coefficient (Wildman–Crippen LogP) is 4.92. The normalized spacial score (nSPS) is 22.4. The summed E-state index contributed by atoms with van der Waals surface area (Å²) in [6.07, 6.45) is 0.752. The highest BCUT2D eigenvalue weighted by molar-refractivity contribution is 6.27. The Hall–Kier alpha value is -3.34. The van der Waals surface area contributed by atoms with Crippen molar-refractivity contribution in [2.75, 3.05) is 0 Å². The van der Waals surface area contributed by atoms with Gasteiger partial charge in [-0.3, -0.25) is 14.4 Å². The lowest BCUT2D eigenvalue weighted by molar-refractivity contribution is -0.119. The summed E-state index contributed by atoms with van der Waals surface area (Å²) in [5, 5.41) is 0. The smallest absolute Gasteiger partial charge is 0.229 e. The van der Waals surface area contributed by atoms with Crippen molar-refractivity contribution in [1.29, 1.82) is 0 Å². The van der Waals surface area contributed by atoms with E-state index in [1.165, 1.54) is 12.1 Å². The highest BCUT2D eigenvalue weighted by atomic mass is 19.1. The molecule has 5 heteroatoms. The molecule has 5 rings (SSSR count). The Morgan fingerprint density at radius 1 is 0.900 bits per heavy atom. The molecule has 0 fully saturated rings. The van der Waals surface area contributed by atoms with Gasteiger partial charge in [-0.2, -0.15) is 0 Å². The van der Waals surface area contributed by atoms with Crippen LogP contribution in [0.15, 0.2) is 71.2 Å². The fourth-order valence-corrected chi connectivity index (χ4v) is 4.71. The van der Waals surface area contributed by atoms with Crippen molar-refractivity contribution in [3.8, 4) is 0 Å². The van der Waals surface area contributed by atoms with E-state index in [0.717, 1.165) is 0 Å². The first-order chi connectivity index (χ1) is 14.3. The van der Waals surface area contributed by atoms with Gasteiger partial charge in [0.25, 0.3) is 0 Å². The van der Waals surface area contributed by atoms with Crippen molar-refractivity contribution in [2.45, 2.75) is 32.6 Å². The van der Waals surface area contributed by atoms with Crippen LogP contribution in [0.2, 0.25) is 0 Å². The fourth-order valence-electron chi connectivity index (χ4n) is 4.71. The van der Waals surface area contributed by atoms with Gasteiger partial charge in [0.1, 0.15) is 11.6 Å². The van der Waals surface area contributed by atoms with Crippen molar-refractivity contribution < 1.29 is 23.5 Å². The maximum atomic E-state index is 14.1. The number of Topliss-reactive ketones (excluding diaryl/α,β-unsaturated/α-hetero) is 3. The van der Waals surface area contributed by atoms with E-state index in [4.69, 9.17) is 4.74 Å². The van der Waals surface area contributed by atoms with Gasteiger partial charge >= 0.3 is 0 Å². The standard InChI is InChI=1S/C25H19FO4/c1-25(2)11-17(27)20-18(12-25)30-24-21(19(20)13-6-5-7-14(26)10-13)22(28)15-8-3-4-9-16(15)23(24)29/h3-10,19H,11-12H2,1-2H3. The largest absolute Gasteiger partial charge is 0.457 e. The van der Waals surface area contributed by atoms with Crippen LogP contribution in [-0.4, -0.2) is 17.3 Å². The lowest BCUT2D eigenvalue weighted by Crippen LogP contribution is -2.37. The molecule has 0 spiro atoms. The highest BCUT2D eigenvalue weighted by Crippen LogP contribution is 2.51. The fraction of sp³-hybridized carbons (Fsp3) is 0.240. The molecule has 0 amide bonds. The first-order valence-corrected chi connectivity index (χ1v) is 9.89. The molecule has 0 N–H and O–H groups in total. The summed E-state index contributed by atoms with van der Waals surface area (Å²) in [7, 11) is 0. The second-order valence-corrected chi connectivity index (χ2v) is 8.81. The Balaban J connectivity index is 1.77. The van der Waals surface area contributed by atoms with Crippen LogP contribution < -0.4 is 0 Å². The Bertz CT molecular complexity index is 1220. The lowest BCUT2D eigenvalue weighted by Gasteiger charge is -2.39.